The van der Waals surface area contributed by atoms with E-state index in [4.69, 9.17) is 4.74 Å². The minimum absolute atomic E-state index is 0.00158. The average Bonchev–Trinajstić information content (AvgIpc) is 2.80. The molecular formula is C23H19N3O4S. The number of nitrogens with zero attached hydrogens (tertiary/aromatic N) is 2. The first kappa shape index (κ1) is 20.5. The van der Waals surface area contributed by atoms with Gasteiger partial charge in [0.15, 0.2) is 0 Å². The average molecular weight is 433 g/mol. The maximum absolute atomic E-state index is 12.9. The maximum Gasteiger partial charge on any atom is 0.264 e. The first-order chi connectivity index (χ1) is 15.0. The van der Waals surface area contributed by atoms with Crippen LogP contribution in [0.1, 0.15) is 5.56 Å². The Balaban J connectivity index is 1.72. The van der Waals surface area contributed by atoms with E-state index in [1.54, 1.807) is 30.3 Å². The lowest BCUT2D eigenvalue weighted by atomic mass is 10.1. The number of hydrogen-bond acceptors (Lipinski definition) is 6. The molecule has 0 atom stereocenters. The number of aliphatic hydroxyl groups excluding tert-OH is 1. The van der Waals surface area contributed by atoms with Crippen LogP contribution in [0.25, 0.3) is 11.3 Å². The normalized spacial score (nSPS) is 11.1. The monoisotopic (exact) mass is 433 g/mol. The molecule has 0 saturated heterocycles. The number of nitrogens with one attached hydrogen (secondary N) is 1. The summed E-state index contributed by atoms with van der Waals surface area (Å²) >= 11 is 0. The number of sulfonamides is 1. The van der Waals surface area contributed by atoms with E-state index in [0.29, 0.717) is 17.0 Å². The van der Waals surface area contributed by atoms with E-state index >= 15 is 0 Å². The van der Waals surface area contributed by atoms with Crippen LogP contribution in [0.5, 0.6) is 11.6 Å². The van der Waals surface area contributed by atoms with Crippen molar-refractivity contribution in [1.82, 2.24) is 9.97 Å². The zero-order valence-electron chi connectivity index (χ0n) is 16.3. The van der Waals surface area contributed by atoms with E-state index in [9.17, 15) is 13.5 Å². The van der Waals surface area contributed by atoms with Crippen LogP contribution in [-0.4, -0.2) is 23.5 Å². The minimum atomic E-state index is -3.98. The van der Waals surface area contributed by atoms with Crippen molar-refractivity contribution < 1.29 is 18.3 Å². The van der Waals surface area contributed by atoms with E-state index in [0.717, 1.165) is 5.56 Å². The van der Waals surface area contributed by atoms with Crippen LogP contribution >= 0.6 is 0 Å². The van der Waals surface area contributed by atoms with Gasteiger partial charge in [-0.15, -0.1) is 0 Å². The molecular weight excluding hydrogens is 414 g/mol. The molecule has 1 heterocycles. The Labute approximate surface area is 180 Å². The van der Waals surface area contributed by atoms with Gasteiger partial charge in [0.05, 0.1) is 17.2 Å². The molecule has 3 aromatic carbocycles. The van der Waals surface area contributed by atoms with Crippen LogP contribution in [0, 0.1) is 0 Å². The second-order valence-electron chi connectivity index (χ2n) is 6.61. The maximum atomic E-state index is 12.9. The lowest BCUT2D eigenvalue weighted by molar-refractivity contribution is 0.281. The molecule has 0 unspecified atom stereocenters. The van der Waals surface area contributed by atoms with Gasteiger partial charge in [-0.3, -0.25) is 0 Å². The number of anilines is 1. The molecule has 2 N–H and O–H groups in total. The van der Waals surface area contributed by atoms with Gasteiger partial charge in [0, 0.05) is 11.6 Å². The molecule has 156 valence electrons. The van der Waals surface area contributed by atoms with Gasteiger partial charge >= 0.3 is 0 Å². The Morgan fingerprint density at radius 3 is 2.26 bits per heavy atom. The van der Waals surface area contributed by atoms with Gasteiger partial charge in [0.25, 0.3) is 10.0 Å². The molecule has 0 spiro atoms. The summed E-state index contributed by atoms with van der Waals surface area (Å²) in [4.78, 5) is 8.60. The molecule has 0 aliphatic rings. The van der Waals surface area contributed by atoms with E-state index in [-0.39, 0.29) is 23.3 Å². The molecule has 31 heavy (non-hydrogen) atoms. The first-order valence-corrected chi connectivity index (χ1v) is 10.9. The predicted octanol–water partition coefficient (Wildman–Crippen LogP) is 4.23. The van der Waals surface area contributed by atoms with Gasteiger partial charge < -0.3 is 9.84 Å². The van der Waals surface area contributed by atoms with Crippen molar-refractivity contribution in [2.24, 2.45) is 0 Å². The van der Waals surface area contributed by atoms with Crippen molar-refractivity contribution in [1.29, 1.82) is 0 Å². The summed E-state index contributed by atoms with van der Waals surface area (Å²) in [6, 6.07) is 26.0. The van der Waals surface area contributed by atoms with Crippen molar-refractivity contribution in [3.05, 3.63) is 96.6 Å². The summed E-state index contributed by atoms with van der Waals surface area (Å²) in [7, 11) is -3.98. The van der Waals surface area contributed by atoms with Crippen molar-refractivity contribution in [2.45, 2.75) is 11.5 Å². The lowest BCUT2D eigenvalue weighted by Crippen LogP contribution is -2.15. The van der Waals surface area contributed by atoms with Crippen LogP contribution < -0.4 is 9.46 Å². The standard InChI is InChI=1S/C23H19N3O4S/c27-16-17-8-7-13-20(14-17)31(28,29)26-23-24-21(18-9-3-1-4-10-18)15-22(25-23)30-19-11-5-2-6-12-19/h1-15,27H,16H2,(H,24,25,26). The number of benzene rings is 3. The zero-order chi connectivity index (χ0) is 21.7. The lowest BCUT2D eigenvalue weighted by Gasteiger charge is -2.12. The third-order valence-electron chi connectivity index (χ3n) is 4.35. The Morgan fingerprint density at radius 1 is 0.839 bits per heavy atom. The van der Waals surface area contributed by atoms with Crippen molar-refractivity contribution in [3.63, 3.8) is 0 Å². The number of aromatic nitrogens is 2. The Morgan fingerprint density at radius 2 is 1.55 bits per heavy atom. The molecule has 1 aromatic heterocycles. The summed E-state index contributed by atoms with van der Waals surface area (Å²) in [6.07, 6.45) is 0. The topological polar surface area (TPSA) is 101 Å². The fourth-order valence-electron chi connectivity index (χ4n) is 2.88. The fraction of sp³-hybridized carbons (Fsp3) is 0.0435. The van der Waals surface area contributed by atoms with Crippen molar-refractivity contribution in [2.75, 3.05) is 4.72 Å². The molecule has 8 heteroatoms. The minimum Gasteiger partial charge on any atom is -0.439 e. The quantitative estimate of drug-likeness (QED) is 0.452. The molecule has 0 amide bonds. The number of hydrogen-bond donors (Lipinski definition) is 2. The zero-order valence-corrected chi connectivity index (χ0v) is 17.2. The van der Waals surface area contributed by atoms with Crippen LogP contribution in [0.15, 0.2) is 95.9 Å². The van der Waals surface area contributed by atoms with Crippen LogP contribution in [0.3, 0.4) is 0 Å². The summed E-state index contributed by atoms with van der Waals surface area (Å²) in [6.45, 7) is -0.265. The summed E-state index contributed by atoms with van der Waals surface area (Å²) < 4.78 is 34.0. The highest BCUT2D eigenvalue weighted by Crippen LogP contribution is 2.27. The van der Waals surface area contributed by atoms with Gasteiger partial charge in [0.1, 0.15) is 5.75 Å². The molecule has 0 aliphatic carbocycles. The predicted molar refractivity (Wildman–Crippen MR) is 117 cm³/mol. The van der Waals surface area contributed by atoms with Crippen LogP contribution in [0.4, 0.5) is 5.95 Å². The number of para-hydroxylation sites is 1. The van der Waals surface area contributed by atoms with Crippen molar-refractivity contribution >= 4 is 16.0 Å². The molecule has 7 nitrogen and oxygen atoms in total. The van der Waals surface area contributed by atoms with Crippen molar-refractivity contribution in [3.8, 4) is 22.9 Å². The summed E-state index contributed by atoms with van der Waals surface area (Å²) in [5, 5.41) is 9.30. The third-order valence-corrected chi connectivity index (χ3v) is 5.68. The second kappa shape index (κ2) is 8.95. The van der Waals surface area contributed by atoms with E-state index in [2.05, 4.69) is 14.7 Å². The highest BCUT2D eigenvalue weighted by atomic mass is 32.2. The van der Waals surface area contributed by atoms with Gasteiger partial charge in [-0.2, -0.15) is 4.98 Å². The van der Waals surface area contributed by atoms with Gasteiger partial charge in [-0.25, -0.2) is 18.1 Å². The fourth-order valence-corrected chi connectivity index (χ4v) is 3.89. The first-order valence-electron chi connectivity index (χ1n) is 9.43. The molecule has 4 aromatic rings. The number of rotatable bonds is 7. The smallest absolute Gasteiger partial charge is 0.264 e. The molecule has 4 rings (SSSR count). The Hall–Kier alpha value is -3.75. The Bertz CT molecular complexity index is 1280. The Kier molecular flexibility index (Phi) is 5.92. The largest absolute Gasteiger partial charge is 0.439 e. The second-order valence-corrected chi connectivity index (χ2v) is 8.29. The van der Waals surface area contributed by atoms with Crippen LogP contribution in [0.2, 0.25) is 0 Å². The van der Waals surface area contributed by atoms with E-state index < -0.39 is 10.0 Å². The van der Waals surface area contributed by atoms with Crippen LogP contribution in [-0.2, 0) is 16.6 Å². The molecule has 0 bridgehead atoms. The van der Waals surface area contributed by atoms with Gasteiger partial charge in [-0.05, 0) is 29.8 Å². The third kappa shape index (κ3) is 5.06. The summed E-state index contributed by atoms with van der Waals surface area (Å²) in [5.41, 5.74) is 1.77. The highest BCUT2D eigenvalue weighted by molar-refractivity contribution is 7.92. The molecule has 0 radical (unpaired) electrons. The van der Waals surface area contributed by atoms with E-state index in [1.807, 2.05) is 48.5 Å². The van der Waals surface area contributed by atoms with Gasteiger partial charge in [0.2, 0.25) is 11.8 Å². The molecule has 0 fully saturated rings. The molecule has 0 aliphatic heterocycles. The highest BCUT2D eigenvalue weighted by Gasteiger charge is 2.18. The molecule has 0 saturated carbocycles. The SMILES string of the molecule is O=S(=O)(Nc1nc(Oc2ccccc2)cc(-c2ccccc2)n1)c1cccc(CO)c1. The van der Waals surface area contributed by atoms with Gasteiger partial charge in [-0.1, -0.05) is 60.7 Å². The summed E-state index contributed by atoms with van der Waals surface area (Å²) in [5.74, 6) is 0.633. The number of ether oxygens (including phenoxy) is 1. The van der Waals surface area contributed by atoms with E-state index in [1.165, 1.54) is 12.1 Å². The number of aliphatic hydroxyl groups is 1.